The van der Waals surface area contributed by atoms with Crippen molar-refractivity contribution in [2.24, 2.45) is 0 Å². The van der Waals surface area contributed by atoms with Crippen molar-refractivity contribution in [3.8, 4) is 0 Å². The van der Waals surface area contributed by atoms with Gasteiger partial charge in [0.25, 0.3) is 0 Å². The van der Waals surface area contributed by atoms with Crippen LogP contribution in [-0.2, 0) is 0 Å². The molecule has 0 fully saturated rings. The van der Waals surface area contributed by atoms with Gasteiger partial charge in [-0.05, 0) is 47.5 Å². The molecule has 6 heteroatoms. The first-order valence-corrected chi connectivity index (χ1v) is 12.6. The number of hydrogen-bond donors (Lipinski definition) is 4. The third-order valence-corrected chi connectivity index (χ3v) is 7.47. The molecule has 2 atom stereocenters. The average molecular weight is 586 g/mol. The van der Waals surface area contributed by atoms with E-state index in [-0.39, 0.29) is 12.1 Å². The molecule has 162 valence electrons. The van der Waals surface area contributed by atoms with Crippen molar-refractivity contribution >= 4 is 68.5 Å². The first kappa shape index (κ1) is 23.3. The molecule has 0 spiro atoms. The van der Waals surface area contributed by atoms with Crippen molar-refractivity contribution in [3.05, 3.63) is 117 Å². The summed E-state index contributed by atoms with van der Waals surface area (Å²) in [5, 5.41) is 7.51. The number of rotatable bonds is 7. The van der Waals surface area contributed by atoms with Gasteiger partial charge in [-0.2, -0.15) is 0 Å². The molecule has 32 heavy (non-hydrogen) atoms. The zero-order valence-corrected chi connectivity index (χ0v) is 22.0. The number of hydrogen-bond acceptors (Lipinski definition) is 4. The van der Waals surface area contributed by atoms with Crippen LogP contribution >= 0.6 is 57.1 Å². The summed E-state index contributed by atoms with van der Waals surface area (Å²) in [6, 6.07) is 32.5. The molecule has 0 aliphatic heterocycles. The number of para-hydroxylation sites is 2. The summed E-state index contributed by atoms with van der Waals surface area (Å²) >= 11 is 16.9. The van der Waals surface area contributed by atoms with E-state index in [4.69, 9.17) is 0 Å². The third kappa shape index (κ3) is 5.37. The standard InChI is InChI=1S/C26H22Br2N2S2/c27-19-11-3-1-9-17(19)25(29-21-13-5-7-15-23(21)31)26(18-10-2-4-12-20(18)28)30-22-14-6-8-16-24(22)32/h1-16,25-26,29-32H. The summed E-state index contributed by atoms with van der Waals surface area (Å²) in [6.45, 7) is 0. The summed E-state index contributed by atoms with van der Waals surface area (Å²) in [5.41, 5.74) is 4.20. The monoisotopic (exact) mass is 584 g/mol. The Hall–Kier alpha value is -1.86. The fourth-order valence-corrected chi connectivity index (χ4v) is 5.18. The quantitative estimate of drug-likeness (QED) is 0.163. The molecule has 4 aromatic carbocycles. The Balaban J connectivity index is 1.87. The lowest BCUT2D eigenvalue weighted by molar-refractivity contribution is 0.642. The normalized spacial score (nSPS) is 12.8. The minimum absolute atomic E-state index is 0.120. The van der Waals surface area contributed by atoms with Gasteiger partial charge in [-0.25, -0.2) is 0 Å². The Kier molecular flexibility index (Phi) is 7.89. The topological polar surface area (TPSA) is 24.1 Å². The lowest BCUT2D eigenvalue weighted by atomic mass is 9.92. The van der Waals surface area contributed by atoms with Crippen LogP contribution in [-0.4, -0.2) is 0 Å². The zero-order valence-electron chi connectivity index (χ0n) is 17.0. The highest BCUT2D eigenvalue weighted by atomic mass is 79.9. The number of thiol groups is 2. The molecule has 0 amide bonds. The van der Waals surface area contributed by atoms with Gasteiger partial charge in [0.05, 0.1) is 12.1 Å². The maximum atomic E-state index is 4.69. The van der Waals surface area contributed by atoms with Gasteiger partial charge in [0.15, 0.2) is 0 Å². The van der Waals surface area contributed by atoms with Gasteiger partial charge in [-0.1, -0.05) is 92.5 Å². The number of benzene rings is 4. The van der Waals surface area contributed by atoms with Crippen LogP contribution in [0.5, 0.6) is 0 Å². The van der Waals surface area contributed by atoms with Crippen LogP contribution in [0.3, 0.4) is 0 Å². The highest BCUT2D eigenvalue weighted by molar-refractivity contribution is 9.10. The van der Waals surface area contributed by atoms with Gasteiger partial charge in [0.1, 0.15) is 0 Å². The second kappa shape index (κ2) is 10.8. The number of halogens is 2. The Morgan fingerprint density at radius 3 is 1.22 bits per heavy atom. The largest absolute Gasteiger partial charge is 0.375 e. The zero-order chi connectivity index (χ0) is 22.5. The molecule has 0 saturated heterocycles. The summed E-state index contributed by atoms with van der Waals surface area (Å²) < 4.78 is 2.07. The van der Waals surface area contributed by atoms with E-state index in [2.05, 4.69) is 116 Å². The van der Waals surface area contributed by atoms with E-state index in [0.29, 0.717) is 0 Å². The van der Waals surface area contributed by atoms with Gasteiger partial charge in [0, 0.05) is 30.1 Å². The summed E-state index contributed by atoms with van der Waals surface area (Å²) in [4.78, 5) is 1.79. The molecule has 0 aliphatic carbocycles. The van der Waals surface area contributed by atoms with Crippen molar-refractivity contribution in [1.82, 2.24) is 0 Å². The van der Waals surface area contributed by atoms with Crippen LogP contribution in [0.15, 0.2) is 116 Å². The van der Waals surface area contributed by atoms with E-state index in [1.165, 1.54) is 0 Å². The minimum atomic E-state index is -0.120. The molecule has 0 aliphatic rings. The molecule has 2 nitrogen and oxygen atoms in total. The molecular formula is C26H22Br2N2S2. The fourth-order valence-electron chi connectivity index (χ4n) is 3.66. The second-order valence-corrected chi connectivity index (χ2v) is 9.99. The fraction of sp³-hybridized carbons (Fsp3) is 0.0769. The maximum absolute atomic E-state index is 4.69. The van der Waals surface area contributed by atoms with Crippen LogP contribution in [0.2, 0.25) is 0 Å². The molecule has 0 radical (unpaired) electrons. The Morgan fingerprint density at radius 2 is 0.844 bits per heavy atom. The number of anilines is 2. The summed E-state index contributed by atoms with van der Waals surface area (Å²) in [7, 11) is 0. The highest BCUT2D eigenvalue weighted by Gasteiger charge is 2.29. The molecule has 4 rings (SSSR count). The van der Waals surface area contributed by atoms with Crippen molar-refractivity contribution in [1.29, 1.82) is 0 Å². The molecule has 0 saturated carbocycles. The van der Waals surface area contributed by atoms with Gasteiger partial charge < -0.3 is 10.6 Å². The van der Waals surface area contributed by atoms with Crippen molar-refractivity contribution in [3.63, 3.8) is 0 Å². The van der Waals surface area contributed by atoms with Crippen LogP contribution in [0, 0.1) is 0 Å². The summed E-state index contributed by atoms with van der Waals surface area (Å²) in [6.07, 6.45) is 0. The molecule has 0 heterocycles. The average Bonchev–Trinajstić information content (AvgIpc) is 2.80. The van der Waals surface area contributed by atoms with Gasteiger partial charge in [0.2, 0.25) is 0 Å². The lowest BCUT2D eigenvalue weighted by Gasteiger charge is -2.33. The molecule has 2 N–H and O–H groups in total. The molecular weight excluding hydrogens is 564 g/mol. The van der Waals surface area contributed by atoms with Crippen molar-refractivity contribution in [2.45, 2.75) is 21.9 Å². The van der Waals surface area contributed by atoms with Crippen LogP contribution < -0.4 is 10.6 Å². The lowest BCUT2D eigenvalue weighted by Crippen LogP contribution is -2.26. The second-order valence-electron chi connectivity index (χ2n) is 7.32. The predicted molar refractivity (Wildman–Crippen MR) is 148 cm³/mol. The van der Waals surface area contributed by atoms with Crippen molar-refractivity contribution < 1.29 is 0 Å². The molecule has 0 aromatic heterocycles. The van der Waals surface area contributed by atoms with Gasteiger partial charge in [-0.15, -0.1) is 25.3 Å². The number of nitrogens with one attached hydrogen (secondary N) is 2. The van der Waals surface area contributed by atoms with E-state index < -0.39 is 0 Å². The van der Waals surface area contributed by atoms with E-state index >= 15 is 0 Å². The van der Waals surface area contributed by atoms with Crippen LogP contribution in [0.1, 0.15) is 23.2 Å². The van der Waals surface area contributed by atoms with E-state index in [1.807, 2.05) is 48.5 Å². The highest BCUT2D eigenvalue weighted by Crippen LogP contribution is 2.41. The van der Waals surface area contributed by atoms with Gasteiger partial charge in [-0.3, -0.25) is 0 Å². The Labute approximate surface area is 216 Å². The van der Waals surface area contributed by atoms with Crippen LogP contribution in [0.25, 0.3) is 0 Å². The van der Waals surface area contributed by atoms with E-state index in [0.717, 1.165) is 41.2 Å². The first-order valence-electron chi connectivity index (χ1n) is 10.1. The van der Waals surface area contributed by atoms with Crippen LogP contribution in [0.4, 0.5) is 11.4 Å². The third-order valence-electron chi connectivity index (χ3n) is 5.24. The Bertz CT molecular complexity index is 1120. The summed E-state index contributed by atoms with van der Waals surface area (Å²) in [5.74, 6) is 0. The van der Waals surface area contributed by atoms with Crippen molar-refractivity contribution in [2.75, 3.05) is 10.6 Å². The minimum Gasteiger partial charge on any atom is -0.375 e. The maximum Gasteiger partial charge on any atom is 0.0769 e. The molecule has 2 unspecified atom stereocenters. The first-order chi connectivity index (χ1) is 15.5. The molecule has 4 aromatic rings. The van der Waals surface area contributed by atoms with E-state index in [9.17, 15) is 0 Å². The predicted octanol–water partition coefficient (Wildman–Crippen LogP) is 8.80. The molecule has 0 bridgehead atoms. The van der Waals surface area contributed by atoms with Gasteiger partial charge >= 0.3 is 0 Å². The van der Waals surface area contributed by atoms with E-state index in [1.54, 1.807) is 0 Å². The smallest absolute Gasteiger partial charge is 0.0769 e. The SMILES string of the molecule is Sc1ccccc1NC(c1ccccc1Br)C(Nc1ccccc1S)c1ccccc1Br. The Morgan fingerprint density at radius 1 is 0.500 bits per heavy atom.